The van der Waals surface area contributed by atoms with E-state index in [1.807, 2.05) is 42.5 Å². The molecule has 1 aliphatic heterocycles. The number of fused-ring (bicyclic) bond motifs is 1. The number of nitrogens with zero attached hydrogens (tertiary/aromatic N) is 3. The summed E-state index contributed by atoms with van der Waals surface area (Å²) < 4.78 is 44.9. The van der Waals surface area contributed by atoms with Gasteiger partial charge in [0.1, 0.15) is 18.1 Å². The Kier molecular flexibility index (Phi) is 11.1. The Balaban J connectivity index is 1.19. The van der Waals surface area contributed by atoms with Crippen molar-refractivity contribution >= 4 is 39.1 Å². The number of amides is 2. The van der Waals surface area contributed by atoms with Crippen molar-refractivity contribution in [2.24, 2.45) is 5.73 Å². The van der Waals surface area contributed by atoms with Crippen molar-refractivity contribution in [3.8, 4) is 39.2 Å². The van der Waals surface area contributed by atoms with Gasteiger partial charge in [-0.25, -0.2) is 4.39 Å². The second kappa shape index (κ2) is 16.0. The number of halogens is 1. The standard InChI is InChI=1S/C37H37FN4O7S/c1-45-29-6-4-3-5-24(29)12-14-42(37(44)36(39)43)26-8-10-30(27(38)22-26)49-32-11-13-40-28-23-34(50-35(28)32)25-7-9-31(33(21-25)46-2)48-20-17-41-15-18-47-19-16-41/h3-11,13,21-23H,12,14-20H2,1-2H3,(H2,39,43). The van der Waals surface area contributed by atoms with Crippen molar-refractivity contribution in [1.82, 2.24) is 9.88 Å². The van der Waals surface area contributed by atoms with Crippen LogP contribution in [0.3, 0.4) is 0 Å². The highest BCUT2D eigenvalue weighted by atomic mass is 32.1. The Morgan fingerprint density at radius 3 is 2.48 bits per heavy atom. The maximum absolute atomic E-state index is 15.6. The molecule has 2 aromatic heterocycles. The molecule has 260 valence electrons. The van der Waals surface area contributed by atoms with E-state index in [4.69, 9.17) is 29.4 Å². The first-order valence-electron chi connectivity index (χ1n) is 16.0. The zero-order valence-electron chi connectivity index (χ0n) is 27.7. The van der Waals surface area contributed by atoms with Crippen LogP contribution in [0.2, 0.25) is 0 Å². The van der Waals surface area contributed by atoms with E-state index in [1.54, 1.807) is 32.5 Å². The predicted molar refractivity (Wildman–Crippen MR) is 189 cm³/mol. The Morgan fingerprint density at radius 1 is 0.940 bits per heavy atom. The minimum atomic E-state index is -1.15. The van der Waals surface area contributed by atoms with Gasteiger partial charge in [0, 0.05) is 55.1 Å². The fraction of sp³-hybridized carbons (Fsp3) is 0.270. The Hall–Kier alpha value is -5.24. The summed E-state index contributed by atoms with van der Waals surface area (Å²) in [4.78, 5) is 33.5. The topological polar surface area (TPSA) is 126 Å². The zero-order valence-corrected chi connectivity index (χ0v) is 28.5. The first-order valence-corrected chi connectivity index (χ1v) is 16.9. The molecular formula is C37H37FN4O7S. The van der Waals surface area contributed by atoms with E-state index in [1.165, 1.54) is 23.5 Å². The third-order valence-corrected chi connectivity index (χ3v) is 9.48. The quantitative estimate of drug-likeness (QED) is 0.154. The molecule has 3 aromatic carbocycles. The van der Waals surface area contributed by atoms with Gasteiger partial charge in [-0.15, -0.1) is 11.3 Å². The largest absolute Gasteiger partial charge is 0.496 e. The van der Waals surface area contributed by atoms with Gasteiger partial charge in [0.05, 0.1) is 37.6 Å². The number of hydrogen-bond donors (Lipinski definition) is 1. The fourth-order valence-corrected chi connectivity index (χ4v) is 6.73. The van der Waals surface area contributed by atoms with Gasteiger partial charge in [-0.2, -0.15) is 0 Å². The molecule has 1 saturated heterocycles. The molecular weight excluding hydrogens is 663 g/mol. The molecule has 0 atom stereocenters. The van der Waals surface area contributed by atoms with E-state index < -0.39 is 17.6 Å². The highest BCUT2D eigenvalue weighted by molar-refractivity contribution is 7.22. The van der Waals surface area contributed by atoms with Crippen LogP contribution >= 0.6 is 11.3 Å². The van der Waals surface area contributed by atoms with Crippen molar-refractivity contribution < 1.29 is 37.7 Å². The van der Waals surface area contributed by atoms with Crippen LogP contribution in [0.15, 0.2) is 79.0 Å². The number of carbonyl (C=O) groups excluding carboxylic acids is 2. The highest BCUT2D eigenvalue weighted by Crippen LogP contribution is 2.42. The predicted octanol–water partition coefficient (Wildman–Crippen LogP) is 5.68. The lowest BCUT2D eigenvalue weighted by atomic mass is 10.1. The summed E-state index contributed by atoms with van der Waals surface area (Å²) in [6, 6.07) is 20.8. The number of nitrogens with two attached hydrogens (primary N) is 1. The number of para-hydroxylation sites is 1. The number of pyridine rings is 1. The first kappa shape index (κ1) is 34.6. The van der Waals surface area contributed by atoms with Crippen molar-refractivity contribution in [1.29, 1.82) is 0 Å². The molecule has 0 radical (unpaired) electrons. The van der Waals surface area contributed by atoms with Crippen molar-refractivity contribution in [3.63, 3.8) is 0 Å². The number of carbonyl (C=O) groups is 2. The molecule has 0 aliphatic carbocycles. The van der Waals surface area contributed by atoms with Crippen molar-refractivity contribution in [2.75, 3.05) is 65.1 Å². The molecule has 6 rings (SSSR count). The number of thiophene rings is 1. The van der Waals surface area contributed by atoms with E-state index in [9.17, 15) is 9.59 Å². The lowest BCUT2D eigenvalue weighted by molar-refractivity contribution is -0.135. The summed E-state index contributed by atoms with van der Waals surface area (Å²) in [7, 11) is 3.15. The minimum Gasteiger partial charge on any atom is -0.496 e. The molecule has 11 nitrogen and oxygen atoms in total. The average Bonchev–Trinajstić information content (AvgIpc) is 3.59. The molecule has 1 aliphatic rings. The van der Waals surface area contributed by atoms with Gasteiger partial charge in [-0.3, -0.25) is 19.5 Å². The van der Waals surface area contributed by atoms with Crippen molar-refractivity contribution in [2.45, 2.75) is 6.42 Å². The highest BCUT2D eigenvalue weighted by Gasteiger charge is 2.23. The molecule has 13 heteroatoms. The smallest absolute Gasteiger partial charge is 0.316 e. The lowest BCUT2D eigenvalue weighted by Crippen LogP contribution is -2.41. The summed E-state index contributed by atoms with van der Waals surface area (Å²) in [6.07, 6.45) is 1.94. The van der Waals surface area contributed by atoms with Crippen LogP contribution in [-0.4, -0.2) is 81.9 Å². The number of ether oxygens (including phenoxy) is 5. The van der Waals surface area contributed by atoms with Crippen molar-refractivity contribution in [3.05, 3.63) is 90.4 Å². The molecule has 0 spiro atoms. The molecule has 5 aromatic rings. The van der Waals surface area contributed by atoms with Gasteiger partial charge in [0.15, 0.2) is 23.1 Å². The molecule has 1 fully saturated rings. The van der Waals surface area contributed by atoms with Crippen LogP contribution in [0.5, 0.6) is 28.7 Å². The normalized spacial score (nSPS) is 13.2. The first-order chi connectivity index (χ1) is 24.3. The van der Waals surface area contributed by atoms with Gasteiger partial charge in [0.25, 0.3) is 0 Å². The van der Waals surface area contributed by atoms with Crippen LogP contribution in [0.25, 0.3) is 20.7 Å². The number of hydrogen-bond acceptors (Lipinski definition) is 10. The molecule has 0 saturated carbocycles. The van der Waals surface area contributed by atoms with E-state index in [-0.39, 0.29) is 18.0 Å². The van der Waals surface area contributed by atoms with Crippen LogP contribution in [-0.2, 0) is 20.7 Å². The molecule has 3 heterocycles. The Morgan fingerprint density at radius 2 is 1.72 bits per heavy atom. The monoisotopic (exact) mass is 700 g/mol. The third-order valence-electron chi connectivity index (χ3n) is 8.29. The SMILES string of the molecule is COc1ccccc1CCN(C(=O)C(N)=O)c1ccc(Oc2ccnc3cc(-c4ccc(OCCN5CCOCC5)c(OC)c4)sc23)c(F)c1. The molecule has 0 bridgehead atoms. The number of morpholine rings is 1. The van der Waals surface area contributed by atoms with Gasteiger partial charge >= 0.3 is 11.8 Å². The van der Waals surface area contributed by atoms with Gasteiger partial charge in [-0.1, -0.05) is 18.2 Å². The number of aromatic nitrogens is 1. The van der Waals surface area contributed by atoms with E-state index in [0.29, 0.717) is 41.5 Å². The summed E-state index contributed by atoms with van der Waals surface area (Å²) in [5.41, 5.74) is 7.90. The minimum absolute atomic E-state index is 0.0624. The van der Waals surface area contributed by atoms with Crippen LogP contribution in [0.4, 0.5) is 10.1 Å². The molecule has 2 amide bonds. The van der Waals surface area contributed by atoms with Crippen LogP contribution in [0, 0.1) is 5.82 Å². The van der Waals surface area contributed by atoms with Gasteiger partial charge in [-0.05, 0) is 60.0 Å². The summed E-state index contributed by atoms with van der Waals surface area (Å²) in [6.45, 7) is 4.66. The number of primary amides is 1. The van der Waals surface area contributed by atoms with E-state index in [0.717, 1.165) is 64.5 Å². The average molecular weight is 701 g/mol. The Labute approximate surface area is 292 Å². The summed E-state index contributed by atoms with van der Waals surface area (Å²) in [5, 5.41) is 0. The summed E-state index contributed by atoms with van der Waals surface area (Å²) >= 11 is 1.45. The number of methoxy groups -OCH3 is 2. The second-order valence-electron chi connectivity index (χ2n) is 11.4. The number of benzene rings is 3. The number of rotatable bonds is 13. The maximum Gasteiger partial charge on any atom is 0.316 e. The van der Waals surface area contributed by atoms with E-state index in [2.05, 4.69) is 9.88 Å². The van der Waals surface area contributed by atoms with Gasteiger partial charge < -0.3 is 34.3 Å². The number of anilines is 1. The second-order valence-corrected chi connectivity index (χ2v) is 12.5. The fourth-order valence-electron chi connectivity index (χ4n) is 5.67. The van der Waals surface area contributed by atoms with E-state index >= 15 is 4.39 Å². The maximum atomic E-state index is 15.6. The molecule has 2 N–H and O–H groups in total. The lowest BCUT2D eigenvalue weighted by Gasteiger charge is -2.26. The molecule has 50 heavy (non-hydrogen) atoms. The summed E-state index contributed by atoms with van der Waals surface area (Å²) in [5.74, 6) is -0.585. The van der Waals surface area contributed by atoms with Gasteiger partial charge in [0.2, 0.25) is 0 Å². The zero-order chi connectivity index (χ0) is 35.0. The van der Waals surface area contributed by atoms with Crippen LogP contribution < -0.4 is 29.6 Å². The molecule has 0 unspecified atom stereocenters. The Bertz CT molecular complexity index is 1980. The van der Waals surface area contributed by atoms with Crippen LogP contribution in [0.1, 0.15) is 5.56 Å². The third kappa shape index (κ3) is 7.96.